The van der Waals surface area contributed by atoms with Crippen molar-refractivity contribution in [2.45, 2.75) is 85.9 Å². The van der Waals surface area contributed by atoms with Gasteiger partial charge in [0.2, 0.25) is 0 Å². The molecule has 0 unspecified atom stereocenters. The van der Waals surface area contributed by atoms with Crippen molar-refractivity contribution in [2.75, 3.05) is 66.9 Å². The van der Waals surface area contributed by atoms with Crippen molar-refractivity contribution in [1.29, 1.82) is 0 Å². The van der Waals surface area contributed by atoms with Gasteiger partial charge in [0, 0.05) is 34.4 Å². The Hall–Kier alpha value is -11.6. The largest absolute Gasteiger partial charge is 0.497 e. The van der Waals surface area contributed by atoms with Gasteiger partial charge in [-0.3, -0.25) is 4.90 Å². The van der Waals surface area contributed by atoms with Crippen LogP contribution in [-0.4, -0.2) is 85.0 Å². The molecule has 1 saturated heterocycles. The predicted octanol–water partition coefficient (Wildman–Crippen LogP) is 23.4. The highest BCUT2D eigenvalue weighted by Gasteiger charge is 2.29. The Morgan fingerprint density at radius 2 is 0.562 bits per heavy atom. The van der Waals surface area contributed by atoms with Gasteiger partial charge in [0.1, 0.15) is 114 Å². The Balaban J connectivity index is 0.000000130. The minimum atomic E-state index is -2.89. The number of hydrogen-bond acceptors (Lipinski definition) is 10. The van der Waals surface area contributed by atoms with Crippen molar-refractivity contribution in [2.24, 2.45) is 0 Å². The van der Waals surface area contributed by atoms with Crippen LogP contribution in [0.15, 0.2) is 246 Å². The zero-order chi connectivity index (χ0) is 78.8. The molecule has 0 aromatic heterocycles. The Labute approximate surface area is 647 Å². The van der Waals surface area contributed by atoms with E-state index < -0.39 is 13.2 Å². The zero-order valence-electron chi connectivity index (χ0n) is 63.1. The molecule has 0 N–H and O–H groups in total. The summed E-state index contributed by atoms with van der Waals surface area (Å²) in [5.41, 5.74) is 20.2. The molecule has 10 aromatic rings. The first-order valence-electron chi connectivity index (χ1n) is 37.3. The number of likely N-dealkylation sites (tertiary alicyclic amines) is 1. The normalized spacial score (nSPS) is 14.7. The van der Waals surface area contributed by atoms with Gasteiger partial charge in [-0.05, 0) is 275 Å². The number of benzene rings is 10. The average Bonchev–Trinajstić information content (AvgIpc) is 0.807. The number of rotatable bonds is 17. The molecule has 0 atom stereocenters. The van der Waals surface area contributed by atoms with Gasteiger partial charge < -0.3 is 42.6 Å². The molecular weight excluding hydrogens is 1450 g/mol. The molecule has 6 aliphatic heterocycles. The fourth-order valence-electron chi connectivity index (χ4n) is 14.4. The van der Waals surface area contributed by atoms with Crippen LogP contribution >= 0.6 is 0 Å². The minimum absolute atomic E-state index is 0.0688. The molecule has 1 fully saturated rings. The van der Waals surface area contributed by atoms with Crippen LogP contribution in [0.2, 0.25) is 0 Å². The SMILES string of the molecule is CCC1=C(c2ccc(F)cc2)c2cc(OC(F)F)ccc2OC1.CCC1=C(c2ccc(F)cc2)c2cc(OC(F)F)ccc2OC1.CCC1=C(c2ccc(F)cc2)c2cc(OC)ccc2OC1.CCC1=C(c2ccc(F)cc2)c2cc(OC)ccc2OC1.Fc1ccc(C2=C(CN3CCCCC3)COc3ccccc32)cc1. The van der Waals surface area contributed by atoms with Gasteiger partial charge in [0.15, 0.2) is 0 Å². The minimum Gasteiger partial charge on any atom is -0.497 e. The van der Waals surface area contributed by atoms with Crippen LogP contribution in [0.5, 0.6) is 51.7 Å². The number of methoxy groups -OCH3 is 2. The number of para-hydroxylation sites is 1. The number of halogens is 9. The van der Waals surface area contributed by atoms with Gasteiger partial charge >= 0.3 is 13.2 Å². The van der Waals surface area contributed by atoms with E-state index in [0.29, 0.717) is 55.7 Å². The summed E-state index contributed by atoms with van der Waals surface area (Å²) in [4.78, 5) is 2.51. The van der Waals surface area contributed by atoms with E-state index in [0.717, 1.165) is 152 Å². The van der Waals surface area contributed by atoms with Gasteiger partial charge in [-0.1, -0.05) is 113 Å². The molecule has 6 heterocycles. The number of ether oxygens (including phenoxy) is 9. The van der Waals surface area contributed by atoms with Crippen LogP contribution in [0, 0.1) is 29.1 Å². The lowest BCUT2D eigenvalue weighted by molar-refractivity contribution is -0.0505. The third kappa shape index (κ3) is 19.6. The number of nitrogens with zero attached hydrogens (tertiary/aromatic N) is 1. The quantitative estimate of drug-likeness (QED) is 0.0822. The molecule has 10 nitrogen and oxygen atoms in total. The highest BCUT2D eigenvalue weighted by molar-refractivity contribution is 5.91. The molecule has 6 aliphatic rings. The maximum Gasteiger partial charge on any atom is 0.387 e. The molecule has 112 heavy (non-hydrogen) atoms. The van der Waals surface area contributed by atoms with Crippen molar-refractivity contribution in [3.05, 3.63) is 331 Å². The van der Waals surface area contributed by atoms with Gasteiger partial charge in [-0.25, -0.2) is 22.0 Å². The average molecular weight is 1530 g/mol. The van der Waals surface area contributed by atoms with Crippen molar-refractivity contribution in [1.82, 2.24) is 4.90 Å². The van der Waals surface area contributed by atoms with Gasteiger partial charge in [-0.2, -0.15) is 17.6 Å². The second-order valence-electron chi connectivity index (χ2n) is 26.9. The van der Waals surface area contributed by atoms with E-state index in [-0.39, 0.29) is 40.6 Å². The summed E-state index contributed by atoms with van der Waals surface area (Å²) in [6.07, 6.45) is 7.15. The molecule has 580 valence electrons. The highest BCUT2D eigenvalue weighted by Crippen LogP contribution is 2.46. The van der Waals surface area contributed by atoms with Crippen LogP contribution < -0.4 is 42.6 Å². The van der Waals surface area contributed by atoms with Crippen LogP contribution in [0.4, 0.5) is 39.5 Å². The third-order valence-corrected chi connectivity index (χ3v) is 20.0. The first kappa shape index (κ1) is 80.0. The molecule has 0 saturated carbocycles. The van der Waals surface area contributed by atoms with E-state index in [4.69, 9.17) is 33.2 Å². The highest BCUT2D eigenvalue weighted by atomic mass is 19.3. The van der Waals surface area contributed by atoms with Crippen molar-refractivity contribution in [3.63, 3.8) is 0 Å². The molecular formula is C93H86F9NO9. The number of fused-ring (bicyclic) bond motifs is 5. The van der Waals surface area contributed by atoms with Crippen molar-refractivity contribution >= 4 is 27.9 Å². The summed E-state index contributed by atoms with van der Waals surface area (Å²) >= 11 is 0. The maximum absolute atomic E-state index is 13.4. The standard InChI is InChI=1S/C21H22FNO.2C18H15F3O2.2C18H17FO2/c22-18-10-8-16(9-11-18)21-17(14-23-12-4-1-5-13-23)15-24-20-7-3-2-6-19(20)21;2*1-2-11-10-22-16-8-7-14(23-18(20)21)9-15(16)17(11)12-3-5-13(19)6-4-12;2*1-3-12-11-21-17-9-8-15(20-2)10-16(17)18(12)13-4-6-14(19)7-5-13/h2-3,6-11H,1,4-5,12-15H2;2*3-9,18H,2,10H2,1H3;2*4-10H,3,11H2,1-2H3. The summed E-state index contributed by atoms with van der Waals surface area (Å²) in [5.74, 6) is 4.21. The Bertz CT molecular complexity index is 4820. The van der Waals surface area contributed by atoms with Crippen LogP contribution in [0.3, 0.4) is 0 Å². The lowest BCUT2D eigenvalue weighted by Gasteiger charge is -2.31. The number of hydrogen-bond donors (Lipinski definition) is 0. The first-order chi connectivity index (χ1) is 54.4. The van der Waals surface area contributed by atoms with E-state index in [1.807, 2.05) is 105 Å². The van der Waals surface area contributed by atoms with Gasteiger partial charge in [-0.15, -0.1) is 0 Å². The van der Waals surface area contributed by atoms with Crippen LogP contribution in [0.25, 0.3) is 27.9 Å². The Morgan fingerprint density at radius 1 is 0.304 bits per heavy atom. The summed E-state index contributed by atoms with van der Waals surface area (Å²) in [6.45, 7) is 8.26. The molecule has 0 aliphatic carbocycles. The van der Waals surface area contributed by atoms with E-state index in [1.165, 1.54) is 114 Å². The lowest BCUT2D eigenvalue weighted by atomic mass is 9.90. The number of alkyl halides is 4. The molecule has 16 rings (SSSR count). The molecule has 0 bridgehead atoms. The monoisotopic (exact) mass is 1530 g/mol. The van der Waals surface area contributed by atoms with E-state index in [1.54, 1.807) is 62.8 Å². The number of piperidine rings is 1. The van der Waals surface area contributed by atoms with Crippen molar-refractivity contribution in [3.8, 4) is 51.7 Å². The molecule has 0 spiro atoms. The second-order valence-corrected chi connectivity index (χ2v) is 26.9. The zero-order valence-corrected chi connectivity index (χ0v) is 63.1. The fourth-order valence-corrected chi connectivity index (χ4v) is 14.4. The molecule has 0 radical (unpaired) electrons. The second kappa shape index (κ2) is 37.9. The Kier molecular flexibility index (Phi) is 27.1. The van der Waals surface area contributed by atoms with E-state index in [2.05, 4.69) is 34.3 Å². The molecule has 19 heteroatoms. The van der Waals surface area contributed by atoms with Crippen molar-refractivity contribution < 1.29 is 82.1 Å². The summed E-state index contributed by atoms with van der Waals surface area (Å²) in [5, 5.41) is 0. The maximum atomic E-state index is 13.4. The topological polar surface area (TPSA) is 86.3 Å². The lowest BCUT2D eigenvalue weighted by Crippen LogP contribution is -2.33. The summed E-state index contributed by atoms with van der Waals surface area (Å²) in [7, 11) is 3.29. The van der Waals surface area contributed by atoms with Gasteiger partial charge in [0.25, 0.3) is 0 Å². The third-order valence-electron chi connectivity index (χ3n) is 20.0. The van der Waals surface area contributed by atoms with E-state index >= 15 is 0 Å². The van der Waals surface area contributed by atoms with Gasteiger partial charge in [0.05, 0.1) is 14.2 Å². The van der Waals surface area contributed by atoms with Crippen LogP contribution in [0.1, 0.15) is 128 Å². The van der Waals surface area contributed by atoms with E-state index in [9.17, 15) is 39.5 Å². The molecule has 10 aromatic carbocycles. The smallest absolute Gasteiger partial charge is 0.387 e. The summed E-state index contributed by atoms with van der Waals surface area (Å²) in [6, 6.07) is 61.2. The Morgan fingerprint density at radius 3 is 0.848 bits per heavy atom. The molecule has 0 amide bonds. The predicted molar refractivity (Wildman–Crippen MR) is 420 cm³/mol. The van der Waals surface area contributed by atoms with Crippen LogP contribution in [-0.2, 0) is 0 Å². The first-order valence-corrected chi connectivity index (χ1v) is 37.3. The summed E-state index contributed by atoms with van der Waals surface area (Å²) < 4.78 is 165. The fraction of sp³-hybridized carbons (Fsp3) is 0.247.